The monoisotopic (exact) mass is 182 g/mol. The van der Waals surface area contributed by atoms with Crippen LogP contribution in [0.5, 0.6) is 0 Å². The van der Waals surface area contributed by atoms with Crippen LogP contribution in [0.1, 0.15) is 6.92 Å². The Hall–Kier alpha value is -0.290. The molecule has 0 saturated carbocycles. The van der Waals surface area contributed by atoms with Crippen LogP contribution in [0.25, 0.3) is 0 Å². The van der Waals surface area contributed by atoms with Crippen molar-refractivity contribution in [2.45, 2.75) is 12.3 Å². The van der Waals surface area contributed by atoms with Gasteiger partial charge in [-0.2, -0.15) is 0 Å². The number of nitrogens with one attached hydrogen (secondary N) is 1. The maximum Gasteiger partial charge on any atom is 0.255 e. The van der Waals surface area contributed by atoms with Gasteiger partial charge in [0.05, 0.1) is 12.4 Å². The molecule has 1 heterocycles. The minimum Gasteiger partial charge on any atom is -0.355 e. The largest absolute Gasteiger partial charge is 0.355 e. The van der Waals surface area contributed by atoms with Crippen LogP contribution in [0.4, 0.5) is 0 Å². The summed E-state index contributed by atoms with van der Waals surface area (Å²) >= 11 is 0. The van der Waals surface area contributed by atoms with Gasteiger partial charge in [0.2, 0.25) is 0 Å². The number of nitrogens with zero attached hydrogens (tertiary/aromatic N) is 1. The van der Waals surface area contributed by atoms with E-state index < -0.39 is 14.4 Å². The third-order valence-electron chi connectivity index (χ3n) is 1.20. The SMILES string of the molecule is CC1=NCC(S(=O)(=O)Cl)N1. The Morgan fingerprint density at radius 3 is 2.60 bits per heavy atom. The highest BCUT2D eigenvalue weighted by Gasteiger charge is 2.26. The molecule has 0 spiro atoms. The summed E-state index contributed by atoms with van der Waals surface area (Å²) in [4.78, 5) is 3.83. The fraction of sp³-hybridized carbons (Fsp3) is 0.750. The molecule has 58 valence electrons. The normalized spacial score (nSPS) is 25.8. The van der Waals surface area contributed by atoms with E-state index in [0.717, 1.165) is 0 Å². The van der Waals surface area contributed by atoms with Gasteiger partial charge in [0.15, 0.2) is 5.37 Å². The van der Waals surface area contributed by atoms with Gasteiger partial charge in [-0.1, -0.05) is 0 Å². The Bertz CT molecular complexity index is 258. The van der Waals surface area contributed by atoms with Crippen molar-refractivity contribution in [2.24, 2.45) is 4.99 Å². The van der Waals surface area contributed by atoms with Gasteiger partial charge in [0.1, 0.15) is 0 Å². The molecule has 1 rings (SSSR count). The molecule has 1 N–H and O–H groups in total. The van der Waals surface area contributed by atoms with E-state index in [4.69, 9.17) is 10.7 Å². The van der Waals surface area contributed by atoms with Crippen molar-refractivity contribution in [3.05, 3.63) is 0 Å². The lowest BCUT2D eigenvalue weighted by Crippen LogP contribution is -2.33. The second-order valence-corrected chi connectivity index (χ2v) is 4.85. The zero-order valence-corrected chi connectivity index (χ0v) is 6.91. The maximum atomic E-state index is 10.6. The third-order valence-corrected chi connectivity index (χ3v) is 2.80. The lowest BCUT2D eigenvalue weighted by molar-refractivity contribution is 0.593. The molecule has 1 aliphatic rings. The number of halogens is 1. The van der Waals surface area contributed by atoms with E-state index >= 15 is 0 Å². The van der Waals surface area contributed by atoms with Gasteiger partial charge >= 0.3 is 0 Å². The fourth-order valence-electron chi connectivity index (χ4n) is 0.704. The standard InChI is InChI=1S/C4H7ClN2O2S/c1-3-6-2-4(7-3)10(5,8)9/h4H,2H2,1H3,(H,6,7). The van der Waals surface area contributed by atoms with E-state index in [1.54, 1.807) is 6.92 Å². The first-order chi connectivity index (χ1) is 4.50. The van der Waals surface area contributed by atoms with Crippen molar-refractivity contribution in [2.75, 3.05) is 6.54 Å². The van der Waals surface area contributed by atoms with Crippen LogP contribution in [0.15, 0.2) is 4.99 Å². The van der Waals surface area contributed by atoms with Crippen LogP contribution < -0.4 is 5.32 Å². The predicted molar refractivity (Wildman–Crippen MR) is 39.7 cm³/mol. The van der Waals surface area contributed by atoms with Crippen LogP contribution >= 0.6 is 10.7 Å². The molecule has 0 bridgehead atoms. The topological polar surface area (TPSA) is 58.5 Å². The Morgan fingerprint density at radius 2 is 2.40 bits per heavy atom. The second-order valence-electron chi connectivity index (χ2n) is 2.03. The van der Waals surface area contributed by atoms with Crippen molar-refractivity contribution in [1.29, 1.82) is 0 Å². The van der Waals surface area contributed by atoms with Gasteiger partial charge < -0.3 is 5.32 Å². The first-order valence-electron chi connectivity index (χ1n) is 2.71. The average Bonchev–Trinajstić information content (AvgIpc) is 2.11. The molecule has 6 heteroatoms. The van der Waals surface area contributed by atoms with Crippen LogP contribution in [-0.4, -0.2) is 26.2 Å². The molecule has 0 aromatic heterocycles. The van der Waals surface area contributed by atoms with Gasteiger partial charge in [0, 0.05) is 10.7 Å². The molecular weight excluding hydrogens is 176 g/mol. The van der Waals surface area contributed by atoms with Crippen LogP contribution in [0.2, 0.25) is 0 Å². The third kappa shape index (κ3) is 1.60. The van der Waals surface area contributed by atoms with Gasteiger partial charge in [-0.05, 0) is 6.92 Å². The fourth-order valence-corrected chi connectivity index (χ4v) is 1.57. The molecule has 0 aromatic rings. The number of amidine groups is 1. The first kappa shape index (κ1) is 7.81. The summed E-state index contributed by atoms with van der Waals surface area (Å²) in [6, 6.07) is 0. The van der Waals surface area contributed by atoms with Crippen molar-refractivity contribution >= 4 is 25.6 Å². The van der Waals surface area contributed by atoms with E-state index in [9.17, 15) is 8.42 Å². The summed E-state index contributed by atoms with van der Waals surface area (Å²) in [7, 11) is 1.55. The molecule has 1 unspecified atom stereocenters. The van der Waals surface area contributed by atoms with Crippen LogP contribution in [0.3, 0.4) is 0 Å². The molecular formula is C4H7ClN2O2S. The van der Waals surface area contributed by atoms with Gasteiger partial charge in [-0.15, -0.1) is 0 Å². The lowest BCUT2D eigenvalue weighted by Gasteiger charge is -2.04. The number of rotatable bonds is 1. The summed E-state index contributed by atoms with van der Waals surface area (Å²) in [6.45, 7) is 1.92. The van der Waals surface area contributed by atoms with Crippen molar-refractivity contribution in [1.82, 2.24) is 5.32 Å². The zero-order chi connectivity index (χ0) is 7.78. The molecule has 0 saturated heterocycles. The highest BCUT2D eigenvalue weighted by molar-refractivity contribution is 8.14. The summed E-state index contributed by atoms with van der Waals surface area (Å²) < 4.78 is 21.2. The van der Waals surface area contributed by atoms with E-state index in [0.29, 0.717) is 5.84 Å². The Morgan fingerprint density at radius 1 is 1.80 bits per heavy atom. The molecule has 1 aliphatic heterocycles. The summed E-state index contributed by atoms with van der Waals surface area (Å²) in [6.07, 6.45) is 0. The molecule has 0 radical (unpaired) electrons. The Labute approximate surface area is 63.7 Å². The van der Waals surface area contributed by atoms with E-state index in [2.05, 4.69) is 10.3 Å². The molecule has 0 aliphatic carbocycles. The highest BCUT2D eigenvalue weighted by Crippen LogP contribution is 2.08. The van der Waals surface area contributed by atoms with Crippen LogP contribution in [-0.2, 0) is 9.05 Å². The zero-order valence-electron chi connectivity index (χ0n) is 5.33. The average molecular weight is 183 g/mol. The summed E-state index contributed by atoms with van der Waals surface area (Å²) in [5.74, 6) is 0.620. The molecule has 1 atom stereocenters. The number of hydrogen-bond acceptors (Lipinski definition) is 4. The van der Waals surface area contributed by atoms with Gasteiger partial charge in [-0.3, -0.25) is 4.99 Å². The molecule has 4 nitrogen and oxygen atoms in total. The highest BCUT2D eigenvalue weighted by atomic mass is 35.7. The number of hydrogen-bond donors (Lipinski definition) is 1. The Balaban J connectivity index is 2.68. The van der Waals surface area contributed by atoms with Crippen LogP contribution in [0, 0.1) is 0 Å². The van der Waals surface area contributed by atoms with Crippen molar-refractivity contribution in [3.8, 4) is 0 Å². The first-order valence-corrected chi connectivity index (χ1v) is 5.08. The molecule has 0 fully saturated rings. The quantitative estimate of drug-likeness (QED) is 0.577. The predicted octanol–water partition coefficient (Wildman–Crippen LogP) is -0.0973. The van der Waals surface area contributed by atoms with E-state index in [1.807, 2.05) is 0 Å². The smallest absolute Gasteiger partial charge is 0.255 e. The summed E-state index contributed by atoms with van der Waals surface area (Å²) in [5.41, 5.74) is 0. The minimum atomic E-state index is -3.49. The van der Waals surface area contributed by atoms with E-state index in [1.165, 1.54) is 0 Å². The van der Waals surface area contributed by atoms with Gasteiger partial charge in [-0.25, -0.2) is 8.42 Å². The second kappa shape index (κ2) is 2.39. The lowest BCUT2D eigenvalue weighted by atomic mass is 10.7. The van der Waals surface area contributed by atoms with Crippen molar-refractivity contribution in [3.63, 3.8) is 0 Å². The molecule has 0 amide bonds. The minimum absolute atomic E-state index is 0.220. The number of aliphatic imine (C=N–C) groups is 1. The molecule has 0 aromatic carbocycles. The molecule has 10 heavy (non-hydrogen) atoms. The maximum absolute atomic E-state index is 10.6. The van der Waals surface area contributed by atoms with E-state index in [-0.39, 0.29) is 6.54 Å². The van der Waals surface area contributed by atoms with Crippen molar-refractivity contribution < 1.29 is 8.42 Å². The summed E-state index contributed by atoms with van der Waals surface area (Å²) in [5, 5.41) is 1.90. The Kier molecular flexibility index (Phi) is 1.87. The van der Waals surface area contributed by atoms with Gasteiger partial charge in [0.25, 0.3) is 9.05 Å².